The molecule has 0 saturated carbocycles. The van der Waals surface area contributed by atoms with Crippen LogP contribution in [0.2, 0.25) is 18.1 Å². The van der Waals surface area contributed by atoms with E-state index in [1.807, 2.05) is 26.8 Å². The maximum Gasteiger partial charge on any atom is 0.330 e. The van der Waals surface area contributed by atoms with Gasteiger partial charge in [-0.1, -0.05) is 34.6 Å². The van der Waals surface area contributed by atoms with Gasteiger partial charge in [0.15, 0.2) is 8.32 Å². The minimum Gasteiger partial charge on any atom is -0.494 e. The second-order valence-corrected chi connectivity index (χ2v) is 16.6. The van der Waals surface area contributed by atoms with Crippen LogP contribution >= 0.6 is 0 Å². The van der Waals surface area contributed by atoms with Gasteiger partial charge >= 0.3 is 11.9 Å². The number of hydrogen-bond donors (Lipinski definition) is 0. The number of allylic oxidation sites excluding steroid dienone is 1. The lowest BCUT2D eigenvalue weighted by Gasteiger charge is -2.40. The molecule has 0 N–H and O–H groups in total. The molecule has 0 radical (unpaired) electrons. The van der Waals surface area contributed by atoms with Crippen LogP contribution in [-0.2, 0) is 28.2 Å². The number of carbonyl (C=O) groups excluding carboxylic acids is 2. The Labute approximate surface area is 195 Å². The molecule has 0 aromatic carbocycles. The van der Waals surface area contributed by atoms with Crippen LogP contribution in [0.1, 0.15) is 68.2 Å². The molecule has 1 aliphatic rings. The normalized spacial score (nSPS) is 19.3. The summed E-state index contributed by atoms with van der Waals surface area (Å²) in [5, 5.41) is 0.111. The van der Waals surface area contributed by atoms with Gasteiger partial charge in [-0.05, 0) is 50.6 Å². The van der Waals surface area contributed by atoms with Crippen molar-refractivity contribution in [3.05, 3.63) is 23.5 Å². The van der Waals surface area contributed by atoms with Crippen molar-refractivity contribution in [1.29, 1.82) is 0 Å². The van der Waals surface area contributed by atoms with Gasteiger partial charge < -0.3 is 18.6 Å². The van der Waals surface area contributed by atoms with E-state index in [1.165, 1.54) is 13.2 Å². The highest BCUT2D eigenvalue weighted by atomic mass is 28.4. The van der Waals surface area contributed by atoms with Crippen LogP contribution in [0.3, 0.4) is 0 Å². The Hall–Kier alpha value is -1.60. The summed E-state index contributed by atoms with van der Waals surface area (Å²) in [7, 11) is -0.560. The minimum atomic E-state index is -1.92. The number of methoxy groups -OCH3 is 1. The van der Waals surface area contributed by atoms with E-state index in [-0.39, 0.29) is 29.1 Å². The molecular formula is C25H44O6Si. The third kappa shape index (κ3) is 8.39. The topological polar surface area (TPSA) is 71.1 Å². The number of esters is 2. The summed E-state index contributed by atoms with van der Waals surface area (Å²) in [6.45, 7) is 21.6. The molecule has 0 unspecified atom stereocenters. The molecule has 1 heterocycles. The van der Waals surface area contributed by atoms with Crippen molar-refractivity contribution < 1.29 is 28.2 Å². The van der Waals surface area contributed by atoms with Crippen molar-refractivity contribution in [2.24, 2.45) is 10.8 Å². The minimum absolute atomic E-state index is 0.111. The first-order valence-electron chi connectivity index (χ1n) is 11.4. The zero-order chi connectivity index (χ0) is 25.0. The van der Waals surface area contributed by atoms with Crippen LogP contribution in [0, 0.1) is 10.8 Å². The fourth-order valence-electron chi connectivity index (χ4n) is 2.72. The van der Waals surface area contributed by atoms with Crippen molar-refractivity contribution in [2.45, 2.75) is 92.5 Å². The molecule has 1 atom stereocenters. The summed E-state index contributed by atoms with van der Waals surface area (Å²) < 4.78 is 23.0. The van der Waals surface area contributed by atoms with Gasteiger partial charge in [-0.2, -0.15) is 0 Å². The molecule has 1 rings (SSSR count). The molecule has 0 spiro atoms. The van der Waals surface area contributed by atoms with Crippen molar-refractivity contribution in [3.63, 3.8) is 0 Å². The van der Waals surface area contributed by atoms with E-state index in [0.29, 0.717) is 19.4 Å². The van der Waals surface area contributed by atoms with Gasteiger partial charge in [0.1, 0.15) is 11.9 Å². The average molecular weight is 469 g/mol. The second kappa shape index (κ2) is 10.6. The molecule has 32 heavy (non-hydrogen) atoms. The van der Waals surface area contributed by atoms with Crippen LogP contribution in [0.25, 0.3) is 0 Å². The van der Waals surface area contributed by atoms with Crippen LogP contribution in [0.5, 0.6) is 0 Å². The van der Waals surface area contributed by atoms with E-state index in [2.05, 4.69) is 47.7 Å². The zero-order valence-corrected chi connectivity index (χ0v) is 23.0. The van der Waals surface area contributed by atoms with Crippen molar-refractivity contribution in [3.8, 4) is 0 Å². The molecule has 0 bridgehead atoms. The number of rotatable bonds is 8. The first-order chi connectivity index (χ1) is 14.4. The zero-order valence-electron chi connectivity index (χ0n) is 22.0. The number of carbonyl (C=O) groups is 2. The van der Waals surface area contributed by atoms with E-state index >= 15 is 0 Å². The summed E-state index contributed by atoms with van der Waals surface area (Å²) >= 11 is 0. The van der Waals surface area contributed by atoms with Gasteiger partial charge in [-0.15, -0.1) is 0 Å². The molecule has 0 saturated heterocycles. The predicted octanol–water partition coefficient (Wildman–Crippen LogP) is 5.79. The maximum absolute atomic E-state index is 12.1. The standard InChI is InChI=1S/C25H44O6Si/c1-23(2,3)22(27)29-13-12-19-14-18(16-21(26)28-9)15-20(31-19)25(7,8)17-30-32(10,11)24(4,5)6/h15-16,19H,12-14,17H2,1-11H3/b18-16-/t19-/m1/s1. The Morgan fingerprint density at radius 2 is 1.72 bits per heavy atom. The third-order valence-corrected chi connectivity index (χ3v) is 10.6. The van der Waals surface area contributed by atoms with Crippen LogP contribution in [0.4, 0.5) is 0 Å². The molecule has 0 aromatic heterocycles. The third-order valence-electron chi connectivity index (χ3n) is 6.13. The molecule has 6 nitrogen and oxygen atoms in total. The Bertz CT molecular complexity index is 735. The van der Waals surface area contributed by atoms with Gasteiger partial charge in [0.2, 0.25) is 0 Å². The molecule has 7 heteroatoms. The fourth-order valence-corrected chi connectivity index (χ4v) is 3.87. The lowest BCUT2D eigenvalue weighted by Crippen LogP contribution is -2.44. The number of ether oxygens (including phenoxy) is 3. The van der Waals surface area contributed by atoms with E-state index < -0.39 is 19.7 Å². The van der Waals surface area contributed by atoms with Crippen molar-refractivity contribution in [2.75, 3.05) is 20.3 Å². The molecule has 0 fully saturated rings. The highest BCUT2D eigenvalue weighted by Gasteiger charge is 2.40. The fraction of sp³-hybridized carbons (Fsp3) is 0.760. The lowest BCUT2D eigenvalue weighted by molar-refractivity contribution is -0.153. The molecule has 0 amide bonds. The molecule has 0 aliphatic carbocycles. The van der Waals surface area contributed by atoms with E-state index in [9.17, 15) is 9.59 Å². The van der Waals surface area contributed by atoms with E-state index in [4.69, 9.17) is 18.6 Å². The number of hydrogen-bond acceptors (Lipinski definition) is 6. The molecule has 0 aromatic rings. The van der Waals surface area contributed by atoms with Crippen LogP contribution in [0.15, 0.2) is 23.5 Å². The molecule has 1 aliphatic heterocycles. The summed E-state index contributed by atoms with van der Waals surface area (Å²) in [4.78, 5) is 23.9. The first-order valence-corrected chi connectivity index (χ1v) is 14.3. The monoisotopic (exact) mass is 468 g/mol. The summed E-state index contributed by atoms with van der Waals surface area (Å²) in [6, 6.07) is 0. The van der Waals surface area contributed by atoms with Gasteiger partial charge in [-0.25, -0.2) is 4.79 Å². The Balaban J connectivity index is 2.99. The Kier molecular flexibility index (Phi) is 9.37. The lowest BCUT2D eigenvalue weighted by atomic mass is 9.88. The van der Waals surface area contributed by atoms with Gasteiger partial charge in [0.05, 0.1) is 19.1 Å². The largest absolute Gasteiger partial charge is 0.494 e. The average Bonchev–Trinajstić information content (AvgIpc) is 2.64. The summed E-state index contributed by atoms with van der Waals surface area (Å²) in [6.07, 6.45) is 4.30. The summed E-state index contributed by atoms with van der Waals surface area (Å²) in [5.41, 5.74) is -0.0890. The van der Waals surface area contributed by atoms with Crippen molar-refractivity contribution in [1.82, 2.24) is 0 Å². The predicted molar refractivity (Wildman–Crippen MR) is 130 cm³/mol. The first kappa shape index (κ1) is 28.4. The highest BCUT2D eigenvalue weighted by molar-refractivity contribution is 6.74. The Morgan fingerprint density at radius 1 is 1.12 bits per heavy atom. The van der Waals surface area contributed by atoms with E-state index in [0.717, 1.165) is 11.3 Å². The smallest absolute Gasteiger partial charge is 0.330 e. The maximum atomic E-state index is 12.1. The second-order valence-electron chi connectivity index (χ2n) is 11.8. The van der Waals surface area contributed by atoms with Gasteiger partial charge in [-0.3, -0.25) is 4.79 Å². The molecule has 184 valence electrons. The molecular weight excluding hydrogens is 424 g/mol. The van der Waals surface area contributed by atoms with Crippen LogP contribution in [-0.4, -0.2) is 46.7 Å². The van der Waals surface area contributed by atoms with E-state index in [1.54, 1.807) is 0 Å². The Morgan fingerprint density at radius 3 is 2.22 bits per heavy atom. The van der Waals surface area contributed by atoms with Crippen molar-refractivity contribution >= 4 is 20.3 Å². The highest BCUT2D eigenvalue weighted by Crippen LogP contribution is 2.40. The quantitative estimate of drug-likeness (QED) is 0.255. The van der Waals surface area contributed by atoms with Crippen LogP contribution < -0.4 is 0 Å². The van der Waals surface area contributed by atoms with Gasteiger partial charge in [0, 0.05) is 30.9 Å². The summed E-state index contributed by atoms with van der Waals surface area (Å²) in [5.74, 6) is 0.132. The SMILES string of the molecule is COC(=O)/C=C1\C=C(C(C)(C)CO[Si](C)(C)C(C)(C)C)O[C@H](CCOC(=O)C(C)(C)C)C1. The van der Waals surface area contributed by atoms with Gasteiger partial charge in [0.25, 0.3) is 0 Å².